The Morgan fingerprint density at radius 2 is 1.75 bits per heavy atom. The van der Waals surface area contributed by atoms with Crippen LogP contribution < -0.4 is 5.32 Å². The molecule has 2 aliphatic rings. The van der Waals surface area contributed by atoms with Crippen LogP contribution in [0.3, 0.4) is 0 Å². The monoisotopic (exact) mass is 272 g/mol. The van der Waals surface area contributed by atoms with Gasteiger partial charge in [-0.05, 0) is 56.8 Å². The Kier molecular flexibility index (Phi) is 4.13. The molecule has 0 unspecified atom stereocenters. The van der Waals surface area contributed by atoms with Crippen molar-refractivity contribution >= 4 is 0 Å². The number of likely N-dealkylation sites (N-methyl/N-ethyl adjacent to an activating group) is 1. The molecule has 3 rings (SSSR count). The molecule has 2 heteroatoms. The fourth-order valence-corrected chi connectivity index (χ4v) is 3.58. The van der Waals surface area contributed by atoms with E-state index in [4.69, 9.17) is 0 Å². The van der Waals surface area contributed by atoms with Gasteiger partial charge >= 0.3 is 0 Å². The Morgan fingerprint density at radius 1 is 1.10 bits per heavy atom. The highest BCUT2D eigenvalue weighted by atomic mass is 15.2. The molecule has 0 spiro atoms. The van der Waals surface area contributed by atoms with Crippen molar-refractivity contribution in [1.29, 1.82) is 0 Å². The molecule has 1 aromatic carbocycles. The van der Waals surface area contributed by atoms with Gasteiger partial charge in [0, 0.05) is 18.6 Å². The first-order valence-electron chi connectivity index (χ1n) is 8.17. The second kappa shape index (κ2) is 5.87. The Balaban J connectivity index is 1.51. The van der Waals surface area contributed by atoms with E-state index in [2.05, 4.69) is 48.6 Å². The van der Waals surface area contributed by atoms with Gasteiger partial charge in [-0.1, -0.05) is 37.1 Å². The van der Waals surface area contributed by atoms with Crippen LogP contribution in [-0.2, 0) is 6.54 Å². The van der Waals surface area contributed by atoms with Gasteiger partial charge in [-0.2, -0.15) is 0 Å². The third-order valence-electron chi connectivity index (χ3n) is 5.29. The molecule has 0 saturated heterocycles. The lowest BCUT2D eigenvalue weighted by atomic mass is 9.96. The summed E-state index contributed by atoms with van der Waals surface area (Å²) in [5.74, 6) is 0.868. The minimum absolute atomic E-state index is 0.397. The standard InChI is InChI=1S/C18H28N2/c1-20(2)18(11-3-4-12-18)14-19-13-15-5-7-16(8-6-15)17-9-10-17/h5-8,17,19H,3-4,9-14H2,1-2H3. The summed E-state index contributed by atoms with van der Waals surface area (Å²) < 4.78 is 0. The summed E-state index contributed by atoms with van der Waals surface area (Å²) >= 11 is 0. The number of nitrogens with zero attached hydrogens (tertiary/aromatic N) is 1. The Bertz CT molecular complexity index is 425. The average molecular weight is 272 g/mol. The van der Waals surface area contributed by atoms with Gasteiger partial charge in [-0.25, -0.2) is 0 Å². The van der Waals surface area contributed by atoms with E-state index in [0.717, 1.165) is 19.0 Å². The predicted octanol–water partition coefficient (Wildman–Crippen LogP) is 3.53. The second-order valence-electron chi connectivity index (χ2n) is 6.95. The molecule has 0 aliphatic heterocycles. The molecule has 2 aliphatic carbocycles. The first-order valence-corrected chi connectivity index (χ1v) is 8.17. The van der Waals surface area contributed by atoms with Crippen molar-refractivity contribution in [2.24, 2.45) is 0 Å². The van der Waals surface area contributed by atoms with Gasteiger partial charge in [0.05, 0.1) is 0 Å². The van der Waals surface area contributed by atoms with Crippen molar-refractivity contribution in [3.63, 3.8) is 0 Å². The average Bonchev–Trinajstić information content (AvgIpc) is 3.19. The molecule has 1 N–H and O–H groups in total. The lowest BCUT2D eigenvalue weighted by Gasteiger charge is -2.36. The third-order valence-corrected chi connectivity index (χ3v) is 5.29. The maximum absolute atomic E-state index is 3.69. The molecule has 0 aromatic heterocycles. The topological polar surface area (TPSA) is 15.3 Å². The van der Waals surface area contributed by atoms with Gasteiger partial charge in [-0.15, -0.1) is 0 Å². The van der Waals surface area contributed by atoms with E-state index < -0.39 is 0 Å². The Labute approximate surface area is 123 Å². The third kappa shape index (κ3) is 3.07. The van der Waals surface area contributed by atoms with Crippen molar-refractivity contribution in [2.75, 3.05) is 20.6 Å². The van der Waals surface area contributed by atoms with Crippen LogP contribution >= 0.6 is 0 Å². The number of rotatable bonds is 6. The molecule has 0 heterocycles. The molecule has 110 valence electrons. The van der Waals surface area contributed by atoms with Crippen LogP contribution in [0.5, 0.6) is 0 Å². The summed E-state index contributed by atoms with van der Waals surface area (Å²) in [5, 5.41) is 3.69. The summed E-state index contributed by atoms with van der Waals surface area (Å²) in [4.78, 5) is 2.43. The minimum atomic E-state index is 0.397. The molecule has 0 atom stereocenters. The molecule has 20 heavy (non-hydrogen) atoms. The molecular weight excluding hydrogens is 244 g/mol. The minimum Gasteiger partial charge on any atom is -0.311 e. The zero-order chi connectivity index (χ0) is 14.0. The second-order valence-corrected chi connectivity index (χ2v) is 6.95. The Morgan fingerprint density at radius 3 is 2.30 bits per heavy atom. The van der Waals surface area contributed by atoms with Gasteiger partial charge in [0.15, 0.2) is 0 Å². The first-order chi connectivity index (χ1) is 9.70. The lowest BCUT2D eigenvalue weighted by Crippen LogP contribution is -2.49. The van der Waals surface area contributed by atoms with Crippen LogP contribution in [0.4, 0.5) is 0 Å². The van der Waals surface area contributed by atoms with E-state index in [-0.39, 0.29) is 0 Å². The maximum atomic E-state index is 3.69. The molecule has 0 bridgehead atoms. The fourth-order valence-electron chi connectivity index (χ4n) is 3.58. The van der Waals surface area contributed by atoms with E-state index in [1.807, 2.05) is 0 Å². The number of hydrogen-bond acceptors (Lipinski definition) is 2. The van der Waals surface area contributed by atoms with Crippen molar-refractivity contribution in [1.82, 2.24) is 10.2 Å². The van der Waals surface area contributed by atoms with Gasteiger partial charge in [0.1, 0.15) is 0 Å². The van der Waals surface area contributed by atoms with Crippen LogP contribution in [0.25, 0.3) is 0 Å². The predicted molar refractivity (Wildman–Crippen MR) is 85.0 cm³/mol. The number of benzene rings is 1. The zero-order valence-corrected chi connectivity index (χ0v) is 13.0. The Hall–Kier alpha value is -0.860. The van der Waals surface area contributed by atoms with Crippen LogP contribution in [-0.4, -0.2) is 31.1 Å². The smallest absolute Gasteiger partial charge is 0.0328 e. The van der Waals surface area contributed by atoms with Crippen LogP contribution in [0, 0.1) is 0 Å². The van der Waals surface area contributed by atoms with Gasteiger partial charge in [-0.3, -0.25) is 0 Å². The molecule has 2 nitrogen and oxygen atoms in total. The maximum Gasteiger partial charge on any atom is 0.0328 e. The van der Waals surface area contributed by atoms with E-state index in [1.165, 1.54) is 49.7 Å². The van der Waals surface area contributed by atoms with Crippen molar-refractivity contribution in [3.05, 3.63) is 35.4 Å². The molecule has 0 amide bonds. The summed E-state index contributed by atoms with van der Waals surface area (Å²) in [6.45, 7) is 2.12. The fraction of sp³-hybridized carbons (Fsp3) is 0.667. The SMILES string of the molecule is CN(C)C1(CNCc2ccc(C3CC3)cc2)CCCC1. The normalized spacial score (nSPS) is 21.6. The van der Waals surface area contributed by atoms with Crippen LogP contribution in [0.1, 0.15) is 55.6 Å². The first kappa shape index (κ1) is 14.1. The van der Waals surface area contributed by atoms with Crippen molar-refractivity contribution in [3.8, 4) is 0 Å². The highest BCUT2D eigenvalue weighted by molar-refractivity contribution is 5.28. The summed E-state index contributed by atoms with van der Waals surface area (Å²) in [6, 6.07) is 9.26. The largest absolute Gasteiger partial charge is 0.311 e. The summed E-state index contributed by atoms with van der Waals surface area (Å²) in [7, 11) is 4.47. The summed E-state index contributed by atoms with van der Waals surface area (Å²) in [5.41, 5.74) is 3.35. The molecule has 0 radical (unpaired) electrons. The number of nitrogens with one attached hydrogen (secondary N) is 1. The van der Waals surface area contributed by atoms with E-state index in [0.29, 0.717) is 5.54 Å². The molecular formula is C18H28N2. The van der Waals surface area contributed by atoms with Crippen LogP contribution in [0.2, 0.25) is 0 Å². The van der Waals surface area contributed by atoms with Gasteiger partial charge < -0.3 is 10.2 Å². The lowest BCUT2D eigenvalue weighted by molar-refractivity contribution is 0.153. The quantitative estimate of drug-likeness (QED) is 0.852. The van der Waals surface area contributed by atoms with Gasteiger partial charge in [0.25, 0.3) is 0 Å². The highest BCUT2D eigenvalue weighted by Gasteiger charge is 2.35. The van der Waals surface area contributed by atoms with E-state index in [9.17, 15) is 0 Å². The molecule has 2 fully saturated rings. The van der Waals surface area contributed by atoms with Crippen molar-refractivity contribution < 1.29 is 0 Å². The van der Waals surface area contributed by atoms with Crippen molar-refractivity contribution in [2.45, 2.75) is 56.5 Å². The van der Waals surface area contributed by atoms with Gasteiger partial charge in [0.2, 0.25) is 0 Å². The summed E-state index contributed by atoms with van der Waals surface area (Å²) in [6.07, 6.45) is 8.24. The molecule has 1 aromatic rings. The van der Waals surface area contributed by atoms with E-state index >= 15 is 0 Å². The van der Waals surface area contributed by atoms with Crippen LogP contribution in [0.15, 0.2) is 24.3 Å². The number of hydrogen-bond donors (Lipinski definition) is 1. The highest BCUT2D eigenvalue weighted by Crippen LogP contribution is 2.39. The van der Waals surface area contributed by atoms with E-state index in [1.54, 1.807) is 0 Å². The zero-order valence-electron chi connectivity index (χ0n) is 13.0. The molecule has 2 saturated carbocycles.